The van der Waals surface area contributed by atoms with Gasteiger partial charge in [0.1, 0.15) is 5.82 Å². The summed E-state index contributed by atoms with van der Waals surface area (Å²) in [6.07, 6.45) is 5.88. The van der Waals surface area contributed by atoms with E-state index in [4.69, 9.17) is 5.84 Å². The van der Waals surface area contributed by atoms with Gasteiger partial charge in [-0.05, 0) is 35.2 Å². The molecule has 0 bridgehead atoms. The Morgan fingerprint density at radius 2 is 2.33 bits per heavy atom. The highest BCUT2D eigenvalue weighted by atomic mass is 32.1. The number of hydrogen-bond donors (Lipinski definition) is 2. The van der Waals surface area contributed by atoms with Gasteiger partial charge in [-0.3, -0.25) is 4.98 Å². The molecule has 2 aromatic heterocycles. The summed E-state index contributed by atoms with van der Waals surface area (Å²) in [5.74, 6) is 6.87. The van der Waals surface area contributed by atoms with Crippen molar-refractivity contribution in [2.24, 2.45) is 5.84 Å². The van der Waals surface area contributed by atoms with Gasteiger partial charge in [0.05, 0.1) is 12.4 Å². The molecule has 5 nitrogen and oxygen atoms in total. The molecule has 6 heteroatoms. The SMILES string of the molecule is NNc1cncc(N(Cc2ccsc2)C2CC2)n1. The van der Waals surface area contributed by atoms with Crippen LogP contribution in [0.3, 0.4) is 0 Å². The van der Waals surface area contributed by atoms with Crippen LogP contribution < -0.4 is 16.2 Å². The first-order chi connectivity index (χ1) is 8.86. The van der Waals surface area contributed by atoms with Crippen LogP contribution in [0.25, 0.3) is 0 Å². The largest absolute Gasteiger partial charge is 0.348 e. The molecule has 18 heavy (non-hydrogen) atoms. The lowest BCUT2D eigenvalue weighted by atomic mass is 10.3. The second kappa shape index (κ2) is 4.91. The standard InChI is InChI=1S/C12H15N5S/c13-16-11-5-14-6-12(15-11)17(10-1-2-10)7-9-3-4-18-8-9/h3-6,8,10H,1-2,7,13H2,(H,15,16). The number of rotatable bonds is 5. The monoisotopic (exact) mass is 261 g/mol. The third-order valence-electron chi connectivity index (χ3n) is 2.98. The number of nitrogens with two attached hydrogens (primary N) is 1. The van der Waals surface area contributed by atoms with Crippen LogP contribution in [0, 0.1) is 0 Å². The zero-order chi connectivity index (χ0) is 12.4. The van der Waals surface area contributed by atoms with E-state index in [2.05, 4.69) is 37.1 Å². The zero-order valence-corrected chi connectivity index (χ0v) is 10.7. The highest BCUT2D eigenvalue weighted by Gasteiger charge is 2.30. The van der Waals surface area contributed by atoms with Crippen LogP contribution in [-0.2, 0) is 6.54 Å². The third-order valence-corrected chi connectivity index (χ3v) is 3.72. The Bertz CT molecular complexity index is 509. The van der Waals surface area contributed by atoms with Crippen LogP contribution in [0.4, 0.5) is 11.6 Å². The molecule has 0 aliphatic heterocycles. The Morgan fingerprint density at radius 3 is 3.00 bits per heavy atom. The minimum atomic E-state index is 0.590. The molecule has 0 radical (unpaired) electrons. The molecule has 0 amide bonds. The molecular formula is C12H15N5S. The van der Waals surface area contributed by atoms with Crippen molar-refractivity contribution in [1.29, 1.82) is 0 Å². The fourth-order valence-corrected chi connectivity index (χ4v) is 2.59. The first-order valence-electron chi connectivity index (χ1n) is 5.93. The molecule has 0 saturated heterocycles. The molecular weight excluding hydrogens is 246 g/mol. The molecule has 1 aliphatic carbocycles. The van der Waals surface area contributed by atoms with E-state index in [0.717, 1.165) is 12.4 Å². The van der Waals surface area contributed by atoms with Gasteiger partial charge in [-0.25, -0.2) is 10.8 Å². The number of anilines is 2. The predicted molar refractivity (Wildman–Crippen MR) is 73.4 cm³/mol. The Balaban J connectivity index is 1.84. The highest BCUT2D eigenvalue weighted by Crippen LogP contribution is 2.32. The summed E-state index contributed by atoms with van der Waals surface area (Å²) in [6, 6.07) is 2.74. The van der Waals surface area contributed by atoms with E-state index in [9.17, 15) is 0 Å². The topological polar surface area (TPSA) is 67.1 Å². The summed E-state index contributed by atoms with van der Waals surface area (Å²) in [5, 5.41) is 4.28. The van der Waals surface area contributed by atoms with Gasteiger partial charge in [0.2, 0.25) is 0 Å². The van der Waals surface area contributed by atoms with Crippen molar-refractivity contribution in [3.8, 4) is 0 Å². The molecule has 0 unspecified atom stereocenters. The van der Waals surface area contributed by atoms with Crippen molar-refractivity contribution >= 4 is 23.0 Å². The molecule has 2 heterocycles. The zero-order valence-electron chi connectivity index (χ0n) is 9.91. The predicted octanol–water partition coefficient (Wildman–Crippen LogP) is 1.99. The molecule has 0 spiro atoms. The summed E-state index contributed by atoms with van der Waals surface area (Å²) in [6.45, 7) is 0.886. The summed E-state index contributed by atoms with van der Waals surface area (Å²) < 4.78 is 0. The van der Waals surface area contributed by atoms with E-state index in [1.807, 2.05) is 0 Å². The van der Waals surface area contributed by atoms with Crippen molar-refractivity contribution in [1.82, 2.24) is 9.97 Å². The van der Waals surface area contributed by atoms with Gasteiger partial charge in [0.15, 0.2) is 5.82 Å². The Labute approximate surface area is 110 Å². The average Bonchev–Trinajstić information content (AvgIpc) is 3.13. The molecule has 94 valence electrons. The molecule has 3 rings (SSSR count). The van der Waals surface area contributed by atoms with Crippen LogP contribution in [0.15, 0.2) is 29.2 Å². The number of nitrogens with zero attached hydrogens (tertiary/aromatic N) is 3. The number of nitrogens with one attached hydrogen (secondary N) is 1. The first kappa shape index (κ1) is 11.4. The van der Waals surface area contributed by atoms with Gasteiger partial charge in [-0.1, -0.05) is 0 Å². The number of thiophene rings is 1. The maximum absolute atomic E-state index is 5.38. The van der Waals surface area contributed by atoms with Crippen LogP contribution in [0.5, 0.6) is 0 Å². The molecule has 1 saturated carbocycles. The van der Waals surface area contributed by atoms with Crippen LogP contribution in [-0.4, -0.2) is 16.0 Å². The second-order valence-corrected chi connectivity index (χ2v) is 5.18. The molecule has 0 atom stereocenters. The Hall–Kier alpha value is -1.66. The fraction of sp³-hybridized carbons (Fsp3) is 0.333. The number of hydrazine groups is 1. The van der Waals surface area contributed by atoms with Crippen molar-refractivity contribution in [2.45, 2.75) is 25.4 Å². The first-order valence-corrected chi connectivity index (χ1v) is 6.87. The summed E-state index contributed by atoms with van der Waals surface area (Å²) in [7, 11) is 0. The van der Waals surface area contributed by atoms with Crippen molar-refractivity contribution < 1.29 is 0 Å². The smallest absolute Gasteiger partial charge is 0.160 e. The van der Waals surface area contributed by atoms with Gasteiger partial charge in [0, 0.05) is 12.6 Å². The maximum Gasteiger partial charge on any atom is 0.160 e. The molecule has 1 aliphatic rings. The Kier molecular flexibility index (Phi) is 3.12. The second-order valence-electron chi connectivity index (χ2n) is 4.40. The normalized spacial score (nSPS) is 14.5. The molecule has 1 fully saturated rings. The van der Waals surface area contributed by atoms with Crippen molar-refractivity contribution in [3.63, 3.8) is 0 Å². The van der Waals surface area contributed by atoms with Crippen molar-refractivity contribution in [2.75, 3.05) is 10.3 Å². The van der Waals surface area contributed by atoms with E-state index in [1.165, 1.54) is 18.4 Å². The Morgan fingerprint density at radius 1 is 1.44 bits per heavy atom. The molecule has 3 N–H and O–H groups in total. The lowest BCUT2D eigenvalue weighted by Gasteiger charge is -2.23. The minimum Gasteiger partial charge on any atom is -0.348 e. The molecule has 2 aromatic rings. The fourth-order valence-electron chi connectivity index (χ4n) is 1.93. The van der Waals surface area contributed by atoms with Gasteiger partial charge < -0.3 is 10.3 Å². The van der Waals surface area contributed by atoms with E-state index in [1.54, 1.807) is 23.7 Å². The number of aromatic nitrogens is 2. The van der Waals surface area contributed by atoms with Gasteiger partial charge >= 0.3 is 0 Å². The summed E-state index contributed by atoms with van der Waals surface area (Å²) in [4.78, 5) is 10.9. The number of hydrogen-bond acceptors (Lipinski definition) is 6. The lowest BCUT2D eigenvalue weighted by molar-refractivity contribution is 0.776. The van der Waals surface area contributed by atoms with Crippen LogP contribution in [0.1, 0.15) is 18.4 Å². The quantitative estimate of drug-likeness (QED) is 0.636. The van der Waals surface area contributed by atoms with Gasteiger partial charge in [-0.15, -0.1) is 0 Å². The lowest BCUT2D eigenvalue weighted by Crippen LogP contribution is -2.26. The average molecular weight is 261 g/mol. The summed E-state index contributed by atoms with van der Waals surface area (Å²) in [5.41, 5.74) is 3.86. The van der Waals surface area contributed by atoms with Gasteiger partial charge in [0.25, 0.3) is 0 Å². The van der Waals surface area contributed by atoms with E-state index in [0.29, 0.717) is 11.9 Å². The maximum atomic E-state index is 5.38. The summed E-state index contributed by atoms with van der Waals surface area (Å²) >= 11 is 1.72. The minimum absolute atomic E-state index is 0.590. The van der Waals surface area contributed by atoms with E-state index in [-0.39, 0.29) is 0 Å². The molecule has 0 aromatic carbocycles. The number of nitrogen functional groups attached to an aromatic ring is 1. The van der Waals surface area contributed by atoms with Crippen LogP contribution >= 0.6 is 11.3 Å². The van der Waals surface area contributed by atoms with E-state index < -0.39 is 0 Å². The third kappa shape index (κ3) is 2.44. The van der Waals surface area contributed by atoms with Crippen molar-refractivity contribution in [3.05, 3.63) is 34.8 Å². The van der Waals surface area contributed by atoms with Gasteiger partial charge in [-0.2, -0.15) is 11.3 Å². The highest BCUT2D eigenvalue weighted by molar-refractivity contribution is 7.07. The van der Waals surface area contributed by atoms with E-state index >= 15 is 0 Å². The van der Waals surface area contributed by atoms with Crippen LogP contribution in [0.2, 0.25) is 0 Å².